The standard InChI is InChI=1S/C53H84NO14P/c1-32-18-14-13-15-19-33(2)44(63-8)30-40-23-21-38(7)53(61,67-40)50(58)51(59)54-25-17-16-20-41(54)52(60)66-45(35(4)28-39-22-24-43(46(29-39)64-9)68-69(11,12)62)31-42(55)34(3)27-37(6)48(57)49(65-10)47(56)36(5)26-32/h13-15,18-19,27,32,35-41,43-46,48-49,57,61H,16-17,20-26,28-31H2,1-12H3/t32-,35-,36-,37?,38-,39+,40?,41?,43?,44+,45+,46-,48-,49+,53-/m1/s1. The second-order valence-electron chi connectivity index (χ2n) is 20.9. The van der Waals surface area contributed by atoms with Crippen LogP contribution in [0.2, 0.25) is 0 Å². The van der Waals surface area contributed by atoms with E-state index in [-0.39, 0.29) is 60.9 Å². The SMILES string of the molecule is CO[C@H]1CC2CC[C@@H](C)[C@@](O)(O2)C(=O)C(=O)N2CCCCC2C(=O)O[C@H]([C@H](C)C[C@@H]2CCC(OP(C)(C)=O)[C@H](OC)C2)CC(=O)C(C)=CC(C)[C@@H](O)[C@@H](OC)C(=O)[C@H](C)C[C@H](C)C=CC=CC=C1C. The maximum absolute atomic E-state index is 14.5. The fourth-order valence-corrected chi connectivity index (χ4v) is 11.5. The van der Waals surface area contributed by atoms with Crippen molar-refractivity contribution in [1.29, 1.82) is 0 Å². The van der Waals surface area contributed by atoms with Gasteiger partial charge in [0.05, 0.1) is 30.5 Å². The number of methoxy groups -OCH3 is 3. The Labute approximate surface area is 411 Å². The molecule has 3 aliphatic heterocycles. The molecule has 2 bridgehead atoms. The highest BCUT2D eigenvalue weighted by atomic mass is 31.2. The zero-order chi connectivity index (χ0) is 51.4. The van der Waals surface area contributed by atoms with E-state index in [0.29, 0.717) is 63.4 Å². The molecule has 4 unspecified atom stereocenters. The van der Waals surface area contributed by atoms with Gasteiger partial charge in [0.1, 0.15) is 18.2 Å². The van der Waals surface area contributed by atoms with Gasteiger partial charge in [0, 0.05) is 71.8 Å². The van der Waals surface area contributed by atoms with E-state index in [1.807, 2.05) is 58.1 Å². The number of fused-ring (bicyclic) bond motifs is 3. The van der Waals surface area contributed by atoms with Crippen molar-refractivity contribution in [2.75, 3.05) is 41.2 Å². The third-order valence-electron chi connectivity index (χ3n) is 14.9. The first-order chi connectivity index (χ1) is 32.4. The highest BCUT2D eigenvalue weighted by molar-refractivity contribution is 7.57. The van der Waals surface area contributed by atoms with Crippen LogP contribution in [-0.4, -0.2) is 140 Å². The molecule has 0 radical (unpaired) electrons. The molecule has 1 saturated carbocycles. The average Bonchev–Trinajstić information content (AvgIpc) is 3.30. The summed E-state index contributed by atoms with van der Waals surface area (Å²) in [4.78, 5) is 72.2. The summed E-state index contributed by atoms with van der Waals surface area (Å²) in [5.41, 5.74) is 1.18. The van der Waals surface area contributed by atoms with Gasteiger partial charge in [0.25, 0.3) is 11.7 Å². The van der Waals surface area contributed by atoms with E-state index < -0.39 is 85.1 Å². The number of ether oxygens (including phenoxy) is 5. The molecule has 1 aliphatic carbocycles. The van der Waals surface area contributed by atoms with Crippen LogP contribution in [0.25, 0.3) is 0 Å². The number of aliphatic hydroxyl groups excluding tert-OH is 1. The Morgan fingerprint density at radius 3 is 2.23 bits per heavy atom. The molecule has 2 saturated heterocycles. The minimum atomic E-state index is -2.79. The molecule has 15 atom stereocenters. The van der Waals surface area contributed by atoms with Crippen molar-refractivity contribution in [1.82, 2.24) is 4.90 Å². The van der Waals surface area contributed by atoms with Crippen LogP contribution >= 0.6 is 7.37 Å². The molecule has 3 fully saturated rings. The van der Waals surface area contributed by atoms with Crippen LogP contribution in [0.1, 0.15) is 126 Å². The van der Waals surface area contributed by atoms with Gasteiger partial charge >= 0.3 is 5.97 Å². The summed E-state index contributed by atoms with van der Waals surface area (Å²) in [5, 5.41) is 23.5. The first-order valence-corrected chi connectivity index (χ1v) is 27.7. The number of hydrogen-bond donors (Lipinski definition) is 2. The number of aliphatic hydroxyl groups is 2. The fourth-order valence-electron chi connectivity index (χ4n) is 10.6. The Hall–Kier alpha value is -3.14. The molecule has 1 amide bonds. The van der Waals surface area contributed by atoms with E-state index in [0.717, 1.165) is 12.0 Å². The lowest BCUT2D eigenvalue weighted by Crippen LogP contribution is -2.61. The molecule has 16 heteroatoms. The Balaban J connectivity index is 1.70. The summed E-state index contributed by atoms with van der Waals surface area (Å²) in [6.45, 7) is 15.9. The average molecular weight is 990 g/mol. The van der Waals surface area contributed by atoms with E-state index >= 15 is 0 Å². The van der Waals surface area contributed by atoms with Crippen molar-refractivity contribution in [2.45, 2.75) is 180 Å². The van der Waals surface area contributed by atoms with Crippen LogP contribution in [0.3, 0.4) is 0 Å². The predicted octanol–water partition coefficient (Wildman–Crippen LogP) is 7.74. The smallest absolute Gasteiger partial charge is 0.329 e. The van der Waals surface area contributed by atoms with Crippen LogP contribution in [-0.2, 0) is 56.7 Å². The minimum Gasteiger partial charge on any atom is -0.460 e. The molecule has 15 nitrogen and oxygen atoms in total. The van der Waals surface area contributed by atoms with Crippen LogP contribution in [0.5, 0.6) is 0 Å². The lowest BCUT2D eigenvalue weighted by atomic mass is 9.78. The van der Waals surface area contributed by atoms with Crippen molar-refractivity contribution in [3.8, 4) is 0 Å². The van der Waals surface area contributed by atoms with Crippen molar-refractivity contribution < 1.29 is 67.0 Å². The molecule has 0 spiro atoms. The van der Waals surface area contributed by atoms with Gasteiger partial charge in [-0.15, -0.1) is 0 Å². The Kier molecular flexibility index (Phi) is 22.5. The molecule has 0 aromatic rings. The molecular formula is C53H84NO14P. The lowest BCUT2D eigenvalue weighted by Gasteiger charge is -2.42. The number of nitrogens with zero attached hydrogens (tertiary/aromatic N) is 1. The second kappa shape index (κ2) is 26.5. The number of cyclic esters (lactones) is 1. The zero-order valence-electron chi connectivity index (χ0n) is 43.4. The Morgan fingerprint density at radius 1 is 0.870 bits per heavy atom. The van der Waals surface area contributed by atoms with Crippen LogP contribution in [0, 0.1) is 35.5 Å². The van der Waals surface area contributed by atoms with E-state index in [1.165, 1.54) is 12.0 Å². The molecular weight excluding hydrogens is 906 g/mol. The maximum atomic E-state index is 14.5. The summed E-state index contributed by atoms with van der Waals surface area (Å²) >= 11 is 0. The van der Waals surface area contributed by atoms with Crippen molar-refractivity contribution >= 4 is 36.6 Å². The quantitative estimate of drug-likeness (QED) is 0.136. The fraction of sp³-hybridized carbons (Fsp3) is 0.755. The first-order valence-electron chi connectivity index (χ1n) is 25.2. The number of Topliss-reactive ketones (excluding diaryl/α,β-unsaturated/α-hetero) is 3. The number of carbonyl (C=O) groups is 5. The van der Waals surface area contributed by atoms with E-state index in [1.54, 1.807) is 54.4 Å². The number of allylic oxidation sites excluding steroid dienone is 6. The van der Waals surface area contributed by atoms with E-state index in [2.05, 4.69) is 0 Å². The Bertz CT molecular complexity index is 1940. The van der Waals surface area contributed by atoms with Crippen molar-refractivity contribution in [3.63, 3.8) is 0 Å². The van der Waals surface area contributed by atoms with Gasteiger partial charge in [-0.1, -0.05) is 71.1 Å². The summed E-state index contributed by atoms with van der Waals surface area (Å²) in [7, 11) is 1.76. The molecule has 390 valence electrons. The topological polar surface area (TPSA) is 201 Å². The normalized spacial score (nSPS) is 36.6. The van der Waals surface area contributed by atoms with Gasteiger partial charge in [0.15, 0.2) is 18.9 Å². The van der Waals surface area contributed by atoms with Crippen molar-refractivity contribution in [3.05, 3.63) is 47.6 Å². The van der Waals surface area contributed by atoms with E-state index in [9.17, 15) is 38.8 Å². The molecule has 69 heavy (non-hydrogen) atoms. The number of rotatable bonds is 8. The molecule has 0 aromatic carbocycles. The number of amides is 1. The lowest BCUT2D eigenvalue weighted by molar-refractivity contribution is -0.265. The third-order valence-corrected chi connectivity index (χ3v) is 15.6. The maximum Gasteiger partial charge on any atom is 0.329 e. The van der Waals surface area contributed by atoms with E-state index in [4.69, 9.17) is 28.2 Å². The number of carbonyl (C=O) groups excluding carboxylic acids is 5. The van der Waals surface area contributed by atoms with Gasteiger partial charge < -0.3 is 43.3 Å². The monoisotopic (exact) mass is 990 g/mol. The third kappa shape index (κ3) is 16.2. The number of ketones is 3. The van der Waals surface area contributed by atoms with Gasteiger partial charge in [-0.25, -0.2) is 4.79 Å². The zero-order valence-corrected chi connectivity index (χ0v) is 44.3. The summed E-state index contributed by atoms with van der Waals surface area (Å²) in [6.07, 6.45) is 11.4. The van der Waals surface area contributed by atoms with Crippen LogP contribution in [0.4, 0.5) is 0 Å². The number of piperidine rings is 1. The highest BCUT2D eigenvalue weighted by Crippen LogP contribution is 2.45. The molecule has 2 N–H and O–H groups in total. The minimum absolute atomic E-state index is 0.0144. The summed E-state index contributed by atoms with van der Waals surface area (Å²) in [5.74, 6) is -8.08. The van der Waals surface area contributed by atoms with Crippen molar-refractivity contribution in [2.24, 2.45) is 35.5 Å². The van der Waals surface area contributed by atoms with Crippen LogP contribution < -0.4 is 0 Å². The number of esters is 1. The van der Waals surface area contributed by atoms with Gasteiger partial charge in [0.2, 0.25) is 5.79 Å². The summed E-state index contributed by atoms with van der Waals surface area (Å²) < 4.78 is 48.2. The predicted molar refractivity (Wildman–Crippen MR) is 263 cm³/mol. The largest absolute Gasteiger partial charge is 0.460 e. The van der Waals surface area contributed by atoms with Gasteiger partial charge in [-0.3, -0.25) is 23.7 Å². The van der Waals surface area contributed by atoms with Gasteiger partial charge in [-0.05, 0) is 107 Å². The molecule has 4 rings (SSSR count). The molecule has 0 aromatic heterocycles. The van der Waals surface area contributed by atoms with Gasteiger partial charge in [-0.2, -0.15) is 0 Å². The number of hydrogen-bond acceptors (Lipinski definition) is 14. The molecule has 4 aliphatic rings. The van der Waals surface area contributed by atoms with Crippen LogP contribution in [0.15, 0.2) is 47.6 Å². The second-order valence-corrected chi connectivity index (χ2v) is 23.6. The summed E-state index contributed by atoms with van der Waals surface area (Å²) in [6, 6.07) is -1.16. The first kappa shape index (κ1) is 58.4. The highest BCUT2D eigenvalue weighted by Gasteiger charge is 2.53. The Morgan fingerprint density at radius 2 is 1.58 bits per heavy atom. The molecule has 3 heterocycles.